The number of rotatable bonds is 7. The highest BCUT2D eigenvalue weighted by atomic mass is 16.6. The van der Waals surface area contributed by atoms with Crippen LogP contribution in [0.3, 0.4) is 0 Å². The maximum absolute atomic E-state index is 11.0. The lowest BCUT2D eigenvalue weighted by molar-refractivity contribution is -0.383. The number of hydrogen-bond acceptors (Lipinski definition) is 5. The number of aliphatic hydroxyl groups excluding tert-OH is 1. The second-order valence-corrected chi connectivity index (χ2v) is 3.79. The second kappa shape index (κ2) is 6.80. The summed E-state index contributed by atoms with van der Waals surface area (Å²) in [5.74, 6) is 0. The summed E-state index contributed by atoms with van der Waals surface area (Å²) in [4.78, 5) is 12.5. The summed E-state index contributed by atoms with van der Waals surface area (Å²) in [6, 6.07) is 5.07. The number of anilines is 2. The first-order valence-electron chi connectivity index (χ1n) is 6.02. The molecule has 6 heteroatoms. The van der Waals surface area contributed by atoms with Crippen molar-refractivity contribution >= 4 is 17.1 Å². The van der Waals surface area contributed by atoms with E-state index >= 15 is 0 Å². The smallest absolute Gasteiger partial charge is 0.294 e. The maximum Gasteiger partial charge on any atom is 0.294 e. The van der Waals surface area contributed by atoms with Crippen LogP contribution in [0.15, 0.2) is 18.2 Å². The van der Waals surface area contributed by atoms with Gasteiger partial charge in [-0.25, -0.2) is 0 Å². The fraction of sp³-hybridized carbons (Fsp3) is 0.500. The average molecular weight is 253 g/mol. The molecule has 0 unspecified atom stereocenters. The fourth-order valence-electron chi connectivity index (χ4n) is 1.80. The van der Waals surface area contributed by atoms with Gasteiger partial charge in [0, 0.05) is 31.4 Å². The van der Waals surface area contributed by atoms with E-state index in [9.17, 15) is 10.1 Å². The van der Waals surface area contributed by atoms with Gasteiger partial charge < -0.3 is 15.3 Å². The van der Waals surface area contributed by atoms with Gasteiger partial charge in [-0.15, -0.1) is 0 Å². The van der Waals surface area contributed by atoms with E-state index in [4.69, 9.17) is 5.11 Å². The van der Waals surface area contributed by atoms with Crippen LogP contribution in [0.1, 0.15) is 13.8 Å². The molecule has 0 radical (unpaired) electrons. The third kappa shape index (κ3) is 3.33. The number of hydrogen-bond donors (Lipinski definition) is 2. The van der Waals surface area contributed by atoms with Crippen LogP contribution in [0.5, 0.6) is 0 Å². The Labute approximate surface area is 106 Å². The van der Waals surface area contributed by atoms with Crippen molar-refractivity contribution in [2.75, 3.05) is 36.5 Å². The Morgan fingerprint density at radius 3 is 2.67 bits per heavy atom. The summed E-state index contributed by atoms with van der Waals surface area (Å²) in [6.07, 6.45) is 0. The molecule has 0 bridgehead atoms. The van der Waals surface area contributed by atoms with Crippen LogP contribution in [0.4, 0.5) is 17.1 Å². The van der Waals surface area contributed by atoms with Crippen molar-refractivity contribution in [3.05, 3.63) is 28.3 Å². The number of nitrogens with one attached hydrogen (secondary N) is 1. The van der Waals surface area contributed by atoms with Crippen LogP contribution in [-0.4, -0.2) is 36.3 Å². The van der Waals surface area contributed by atoms with Gasteiger partial charge in [0.05, 0.1) is 11.5 Å². The predicted octanol–water partition coefficient (Wildman–Crippen LogP) is 1.85. The molecule has 1 aromatic carbocycles. The topological polar surface area (TPSA) is 78.6 Å². The molecular weight excluding hydrogens is 234 g/mol. The minimum atomic E-state index is -0.395. The van der Waals surface area contributed by atoms with Crippen LogP contribution in [0, 0.1) is 10.1 Å². The molecule has 0 saturated carbocycles. The first-order chi connectivity index (χ1) is 8.63. The highest BCUT2D eigenvalue weighted by Crippen LogP contribution is 2.29. The predicted molar refractivity (Wildman–Crippen MR) is 72.2 cm³/mol. The number of aliphatic hydroxyl groups is 1. The molecule has 0 spiro atoms. The lowest BCUT2D eigenvalue weighted by atomic mass is 10.2. The van der Waals surface area contributed by atoms with Gasteiger partial charge >= 0.3 is 0 Å². The molecule has 6 nitrogen and oxygen atoms in total. The molecule has 100 valence electrons. The summed E-state index contributed by atoms with van der Waals surface area (Å²) in [7, 11) is 0. The molecule has 0 fully saturated rings. The quantitative estimate of drug-likeness (QED) is 0.572. The van der Waals surface area contributed by atoms with Gasteiger partial charge in [-0.05, 0) is 26.0 Å². The molecule has 1 rings (SSSR count). The molecule has 0 aliphatic rings. The highest BCUT2D eigenvalue weighted by molar-refractivity contribution is 5.68. The van der Waals surface area contributed by atoms with Crippen molar-refractivity contribution in [1.82, 2.24) is 0 Å². The zero-order chi connectivity index (χ0) is 13.5. The van der Waals surface area contributed by atoms with Gasteiger partial charge in [0.2, 0.25) is 0 Å². The van der Waals surface area contributed by atoms with E-state index in [0.29, 0.717) is 25.3 Å². The molecule has 0 amide bonds. The zero-order valence-corrected chi connectivity index (χ0v) is 10.7. The normalized spacial score (nSPS) is 10.2. The molecule has 1 aromatic rings. The molecule has 18 heavy (non-hydrogen) atoms. The van der Waals surface area contributed by atoms with Crippen molar-refractivity contribution in [2.24, 2.45) is 0 Å². The first kappa shape index (κ1) is 14.2. The van der Waals surface area contributed by atoms with Crippen molar-refractivity contribution in [3.63, 3.8) is 0 Å². The standard InChI is InChI=1S/C12H19N3O3/c1-3-13-11-6-5-10(9-12(11)15(17)18)14(4-2)7-8-16/h5-6,9,13,16H,3-4,7-8H2,1-2H3. The molecule has 2 N–H and O–H groups in total. The van der Waals surface area contributed by atoms with E-state index < -0.39 is 4.92 Å². The summed E-state index contributed by atoms with van der Waals surface area (Å²) in [5, 5.41) is 22.9. The molecule has 0 heterocycles. The lowest BCUT2D eigenvalue weighted by Gasteiger charge is -2.22. The zero-order valence-electron chi connectivity index (χ0n) is 10.7. The largest absolute Gasteiger partial charge is 0.395 e. The molecule has 0 aromatic heterocycles. The van der Waals surface area contributed by atoms with E-state index in [0.717, 1.165) is 5.69 Å². The summed E-state index contributed by atoms with van der Waals surface area (Å²) in [5.41, 5.74) is 1.33. The average Bonchev–Trinajstić information content (AvgIpc) is 2.36. The summed E-state index contributed by atoms with van der Waals surface area (Å²) < 4.78 is 0. The minimum absolute atomic E-state index is 0.0244. The van der Waals surface area contributed by atoms with Crippen LogP contribution in [-0.2, 0) is 0 Å². The Bertz CT molecular complexity index is 410. The van der Waals surface area contributed by atoms with Crippen molar-refractivity contribution in [1.29, 1.82) is 0 Å². The van der Waals surface area contributed by atoms with E-state index in [2.05, 4.69) is 5.32 Å². The fourth-order valence-corrected chi connectivity index (χ4v) is 1.80. The van der Waals surface area contributed by atoms with Gasteiger partial charge in [0.1, 0.15) is 5.69 Å². The van der Waals surface area contributed by atoms with Gasteiger partial charge in [0.15, 0.2) is 0 Å². The summed E-state index contributed by atoms with van der Waals surface area (Å²) >= 11 is 0. The molecule has 0 aliphatic heterocycles. The minimum Gasteiger partial charge on any atom is -0.395 e. The summed E-state index contributed by atoms with van der Waals surface area (Å²) in [6.45, 7) is 5.65. The second-order valence-electron chi connectivity index (χ2n) is 3.79. The van der Waals surface area contributed by atoms with Gasteiger partial charge in [-0.3, -0.25) is 10.1 Å². The Morgan fingerprint density at radius 2 is 2.17 bits per heavy atom. The van der Waals surface area contributed by atoms with E-state index in [1.807, 2.05) is 24.8 Å². The number of nitro groups is 1. The van der Waals surface area contributed by atoms with Crippen LogP contribution in [0.2, 0.25) is 0 Å². The maximum atomic E-state index is 11.0. The monoisotopic (exact) mass is 253 g/mol. The number of likely N-dealkylation sites (N-methyl/N-ethyl adjacent to an activating group) is 1. The number of nitro benzene ring substituents is 1. The number of benzene rings is 1. The van der Waals surface area contributed by atoms with Crippen molar-refractivity contribution in [3.8, 4) is 0 Å². The van der Waals surface area contributed by atoms with Crippen molar-refractivity contribution in [2.45, 2.75) is 13.8 Å². The van der Waals surface area contributed by atoms with Gasteiger partial charge in [0.25, 0.3) is 5.69 Å². The molecular formula is C12H19N3O3. The lowest BCUT2D eigenvalue weighted by Crippen LogP contribution is -2.26. The molecule has 0 saturated heterocycles. The Hall–Kier alpha value is -1.82. The van der Waals surface area contributed by atoms with Crippen LogP contribution < -0.4 is 10.2 Å². The first-order valence-corrected chi connectivity index (χ1v) is 6.02. The van der Waals surface area contributed by atoms with Gasteiger partial charge in [-0.2, -0.15) is 0 Å². The third-order valence-electron chi connectivity index (χ3n) is 2.66. The Morgan fingerprint density at radius 1 is 1.44 bits per heavy atom. The number of nitrogens with zero attached hydrogens (tertiary/aromatic N) is 2. The Kier molecular flexibility index (Phi) is 5.38. The third-order valence-corrected chi connectivity index (χ3v) is 2.66. The molecule has 0 atom stereocenters. The van der Waals surface area contributed by atoms with E-state index in [1.54, 1.807) is 6.07 Å². The highest BCUT2D eigenvalue weighted by Gasteiger charge is 2.16. The van der Waals surface area contributed by atoms with Crippen molar-refractivity contribution < 1.29 is 10.0 Å². The Balaban J connectivity index is 3.09. The van der Waals surface area contributed by atoms with E-state index in [1.165, 1.54) is 6.07 Å². The van der Waals surface area contributed by atoms with Gasteiger partial charge in [-0.1, -0.05) is 0 Å². The van der Waals surface area contributed by atoms with Crippen LogP contribution >= 0.6 is 0 Å². The SMILES string of the molecule is CCNc1ccc(N(CC)CCO)cc1[N+](=O)[O-]. The van der Waals surface area contributed by atoms with E-state index in [-0.39, 0.29) is 12.3 Å². The molecule has 0 aliphatic carbocycles. The van der Waals surface area contributed by atoms with Crippen LogP contribution in [0.25, 0.3) is 0 Å².